The van der Waals surface area contributed by atoms with Gasteiger partial charge in [-0.15, -0.1) is 0 Å². The third-order valence-corrected chi connectivity index (χ3v) is 12.0. The Kier molecular flexibility index (Phi) is 51.6. The smallest absolute Gasteiger partial charge is 0.462 e. The molecule has 0 radical (unpaired) electrons. The van der Waals surface area contributed by atoms with E-state index in [1.165, 1.54) is 38.5 Å². The summed E-state index contributed by atoms with van der Waals surface area (Å²) >= 11 is 0. The minimum Gasteiger partial charge on any atom is -0.462 e. The number of phosphoric ester groups is 1. The summed E-state index contributed by atoms with van der Waals surface area (Å²) in [6, 6.07) is 0. The molecule has 12 heteroatoms. The Bertz CT molecular complexity index is 1750. The molecular formula is C62H99O11P. The summed E-state index contributed by atoms with van der Waals surface area (Å²) in [5.74, 6) is -1.65. The Labute approximate surface area is 449 Å². The number of aliphatic hydroxyl groups excluding tert-OH is 1. The van der Waals surface area contributed by atoms with E-state index in [2.05, 4.69) is 124 Å². The molecule has 0 aromatic rings. The molecule has 74 heavy (non-hydrogen) atoms. The molecule has 0 aliphatic rings. The molecule has 0 aliphatic heterocycles. The number of hydrogen-bond donors (Lipinski definition) is 2. The Balaban J connectivity index is 4.91. The number of carbonyl (C=O) groups excluding carboxylic acids is 3. The van der Waals surface area contributed by atoms with Crippen molar-refractivity contribution in [3.63, 3.8) is 0 Å². The second-order valence-electron chi connectivity index (χ2n) is 18.0. The van der Waals surface area contributed by atoms with Crippen LogP contribution in [0.5, 0.6) is 0 Å². The highest BCUT2D eigenvalue weighted by molar-refractivity contribution is 7.47. The molecule has 0 rings (SSSR count). The van der Waals surface area contributed by atoms with E-state index in [-0.39, 0.29) is 25.9 Å². The first-order chi connectivity index (χ1) is 36.2. The first-order valence-electron chi connectivity index (χ1n) is 28.1. The number of esters is 3. The van der Waals surface area contributed by atoms with Crippen LogP contribution in [0.15, 0.2) is 134 Å². The number of aliphatic hydroxyl groups is 1. The minimum absolute atomic E-state index is 0.0440. The quantitative estimate of drug-likeness (QED) is 0.0197. The maximum atomic E-state index is 12.9. The van der Waals surface area contributed by atoms with Gasteiger partial charge in [-0.05, 0) is 116 Å². The molecule has 0 aliphatic carbocycles. The lowest BCUT2D eigenvalue weighted by atomic mass is 10.1. The average Bonchev–Trinajstić information content (AvgIpc) is 3.39. The summed E-state index contributed by atoms with van der Waals surface area (Å²) in [6.45, 7) is 4.21. The molecule has 0 amide bonds. The zero-order chi connectivity index (χ0) is 54.1. The average molecular weight is 1050 g/mol. The van der Waals surface area contributed by atoms with Crippen molar-refractivity contribution in [1.29, 1.82) is 0 Å². The molecule has 0 aromatic carbocycles. The van der Waals surface area contributed by atoms with Crippen molar-refractivity contribution in [3.05, 3.63) is 134 Å². The van der Waals surface area contributed by atoms with Gasteiger partial charge in [0.25, 0.3) is 0 Å². The first-order valence-corrected chi connectivity index (χ1v) is 29.6. The topological polar surface area (TPSA) is 155 Å². The van der Waals surface area contributed by atoms with Crippen molar-refractivity contribution >= 4 is 25.7 Å². The monoisotopic (exact) mass is 1050 g/mol. The van der Waals surface area contributed by atoms with Gasteiger partial charge < -0.3 is 24.2 Å². The summed E-state index contributed by atoms with van der Waals surface area (Å²) in [7, 11) is -4.79. The summed E-state index contributed by atoms with van der Waals surface area (Å²) in [6.07, 6.45) is 68.7. The molecule has 0 saturated heterocycles. The molecule has 0 saturated carbocycles. The molecule has 3 unspecified atom stereocenters. The third-order valence-electron chi connectivity index (χ3n) is 11.1. The van der Waals surface area contributed by atoms with E-state index in [4.69, 9.17) is 23.3 Å². The SMILES string of the molecule is CC/C=C\C/C=C\C/C=C\C/C=C\C/C=C\CCCC(=O)OC(COC(=O)CCCCCCCCC/C=C\C/C=C\CCCCC)COP(=O)(O)OCC(CO)OC(=O)CC/C=C\C/C=C\C/C=C\C/C=C\CC. The molecule has 0 bridgehead atoms. The molecule has 0 aromatic heterocycles. The molecule has 3 atom stereocenters. The summed E-state index contributed by atoms with van der Waals surface area (Å²) < 4.78 is 39.3. The van der Waals surface area contributed by atoms with Gasteiger partial charge in [-0.25, -0.2) is 4.57 Å². The third kappa shape index (κ3) is 52.5. The van der Waals surface area contributed by atoms with E-state index in [0.717, 1.165) is 96.3 Å². The van der Waals surface area contributed by atoms with Crippen LogP contribution in [0.3, 0.4) is 0 Å². The lowest BCUT2D eigenvalue weighted by molar-refractivity contribution is -0.161. The zero-order valence-electron chi connectivity index (χ0n) is 46.0. The number of phosphoric acid groups is 1. The number of unbranched alkanes of at least 4 members (excludes halogenated alkanes) is 11. The number of rotatable bonds is 50. The van der Waals surface area contributed by atoms with Gasteiger partial charge in [-0.3, -0.25) is 23.4 Å². The van der Waals surface area contributed by atoms with Crippen LogP contribution < -0.4 is 0 Å². The van der Waals surface area contributed by atoms with Gasteiger partial charge in [-0.2, -0.15) is 0 Å². The maximum Gasteiger partial charge on any atom is 0.472 e. The fraction of sp³-hybridized carbons (Fsp3) is 0.597. The van der Waals surface area contributed by atoms with E-state index in [9.17, 15) is 28.9 Å². The lowest BCUT2D eigenvalue weighted by Crippen LogP contribution is -2.30. The molecule has 11 nitrogen and oxygen atoms in total. The van der Waals surface area contributed by atoms with Crippen molar-refractivity contribution in [2.75, 3.05) is 26.4 Å². The Morgan fingerprint density at radius 2 is 0.743 bits per heavy atom. The fourth-order valence-corrected chi connectivity index (χ4v) is 7.63. The van der Waals surface area contributed by atoms with E-state index < -0.39 is 57.8 Å². The normalized spacial score (nSPS) is 14.4. The highest BCUT2D eigenvalue weighted by Crippen LogP contribution is 2.43. The van der Waals surface area contributed by atoms with Crippen LogP contribution >= 0.6 is 7.82 Å². The Morgan fingerprint density at radius 3 is 1.20 bits per heavy atom. The number of hydrogen-bond acceptors (Lipinski definition) is 10. The zero-order valence-corrected chi connectivity index (χ0v) is 46.9. The largest absolute Gasteiger partial charge is 0.472 e. The summed E-state index contributed by atoms with van der Waals surface area (Å²) in [4.78, 5) is 48.4. The summed E-state index contributed by atoms with van der Waals surface area (Å²) in [5, 5.41) is 9.78. The Hall–Kier alpha value is -4.38. The van der Waals surface area contributed by atoms with E-state index in [1.807, 2.05) is 30.4 Å². The van der Waals surface area contributed by atoms with Crippen molar-refractivity contribution in [2.24, 2.45) is 0 Å². The molecule has 2 N–H and O–H groups in total. The van der Waals surface area contributed by atoms with Gasteiger partial charge in [-0.1, -0.05) is 199 Å². The van der Waals surface area contributed by atoms with Crippen LogP contribution in [0.1, 0.15) is 201 Å². The second kappa shape index (κ2) is 54.9. The van der Waals surface area contributed by atoms with Crippen LogP contribution in [0.25, 0.3) is 0 Å². The van der Waals surface area contributed by atoms with Crippen LogP contribution in [0.2, 0.25) is 0 Å². The molecule has 418 valence electrons. The summed E-state index contributed by atoms with van der Waals surface area (Å²) in [5.41, 5.74) is 0. The number of ether oxygens (including phenoxy) is 3. The van der Waals surface area contributed by atoms with Crippen molar-refractivity contribution in [1.82, 2.24) is 0 Å². The van der Waals surface area contributed by atoms with Crippen molar-refractivity contribution in [2.45, 2.75) is 213 Å². The lowest BCUT2D eigenvalue weighted by Gasteiger charge is -2.21. The highest BCUT2D eigenvalue weighted by atomic mass is 31.2. The van der Waals surface area contributed by atoms with Crippen LogP contribution in [-0.4, -0.2) is 66.5 Å². The molecule has 0 heterocycles. The van der Waals surface area contributed by atoms with Crippen LogP contribution in [0, 0.1) is 0 Å². The predicted molar refractivity (Wildman–Crippen MR) is 306 cm³/mol. The minimum atomic E-state index is -4.79. The number of carbonyl (C=O) groups is 3. The van der Waals surface area contributed by atoms with Gasteiger partial charge >= 0.3 is 25.7 Å². The number of allylic oxidation sites excluding steroid dienone is 22. The molecule has 0 spiro atoms. The van der Waals surface area contributed by atoms with Gasteiger partial charge in [0.2, 0.25) is 0 Å². The van der Waals surface area contributed by atoms with E-state index in [1.54, 1.807) is 0 Å². The standard InChI is InChI=1S/C62H99O11P/c1-4-7-10-13-16-19-22-25-27-29-31-34-36-39-42-45-48-51-60(64)69-55-59(73-62(66)53-50-47-44-41-38-35-32-30-28-26-23-20-17-14-11-8-5-2)57-71-74(67,68)70-56-58(54-63)72-61(65)52-49-46-43-40-37-33-24-21-18-15-12-9-6-3/h8-9,11-12,16-21,25-28,32-33,35,37,41,43-44,46,58-59,63H,4-7,10,13-15,22-24,29-31,34,36,38-40,42,45,47-57H2,1-3H3,(H,67,68)/b11-8-,12-9-,19-16-,20-17-,21-18-,27-25-,28-26-,35-32-,37-33-,44-41-,46-43-. The Morgan fingerprint density at radius 1 is 0.392 bits per heavy atom. The van der Waals surface area contributed by atoms with Crippen LogP contribution in [0.4, 0.5) is 0 Å². The predicted octanol–water partition coefficient (Wildman–Crippen LogP) is 16.6. The maximum absolute atomic E-state index is 12.9. The second-order valence-corrected chi connectivity index (χ2v) is 19.4. The fourth-order valence-electron chi connectivity index (χ4n) is 6.85. The molecule has 0 fully saturated rings. The van der Waals surface area contributed by atoms with E-state index in [0.29, 0.717) is 25.7 Å². The van der Waals surface area contributed by atoms with Gasteiger partial charge in [0, 0.05) is 19.3 Å². The highest BCUT2D eigenvalue weighted by Gasteiger charge is 2.28. The first kappa shape index (κ1) is 69.6. The van der Waals surface area contributed by atoms with Gasteiger partial charge in [0.05, 0.1) is 19.8 Å². The van der Waals surface area contributed by atoms with E-state index >= 15 is 0 Å². The van der Waals surface area contributed by atoms with Crippen molar-refractivity contribution in [3.8, 4) is 0 Å². The van der Waals surface area contributed by atoms with Crippen molar-refractivity contribution < 1.29 is 52.2 Å². The molecular weight excluding hydrogens is 952 g/mol. The van der Waals surface area contributed by atoms with Gasteiger partial charge in [0.15, 0.2) is 6.10 Å². The van der Waals surface area contributed by atoms with Gasteiger partial charge in [0.1, 0.15) is 12.7 Å². The van der Waals surface area contributed by atoms with Crippen LogP contribution in [-0.2, 0) is 42.2 Å².